The molecule has 0 aromatic heterocycles. The van der Waals surface area contributed by atoms with E-state index < -0.39 is 0 Å². The van der Waals surface area contributed by atoms with Crippen LogP contribution < -0.4 is 5.32 Å². The molecule has 2 heteroatoms. The average molecular weight is 130 g/mol. The molecule has 0 fully saturated rings. The highest BCUT2D eigenvalue weighted by Gasteiger charge is 1.95. The number of dihydropyridines is 1. The number of rotatable bonds is 0. The maximum atomic E-state index is 5.59. The summed E-state index contributed by atoms with van der Waals surface area (Å²) in [6.07, 6.45) is 3.87. The highest BCUT2D eigenvalue weighted by molar-refractivity contribution is 6.29. The minimum Gasteiger partial charge on any atom is -0.372 e. The molecule has 1 N–H and O–H groups in total. The van der Waals surface area contributed by atoms with Crippen LogP contribution in [0.3, 0.4) is 0 Å². The Kier molecular flexibility index (Phi) is 1.59. The van der Waals surface area contributed by atoms with Crippen LogP contribution in [0, 0.1) is 0 Å². The highest BCUT2D eigenvalue weighted by Crippen LogP contribution is 2.04. The molecule has 8 heavy (non-hydrogen) atoms. The summed E-state index contributed by atoms with van der Waals surface area (Å²) in [5, 5.41) is 3.72. The lowest BCUT2D eigenvalue weighted by Gasteiger charge is -2.07. The van der Waals surface area contributed by atoms with Gasteiger partial charge in [-0.15, -0.1) is 0 Å². The fourth-order valence-corrected chi connectivity index (χ4v) is 0.687. The quantitative estimate of drug-likeness (QED) is 0.490. The van der Waals surface area contributed by atoms with Crippen molar-refractivity contribution >= 4 is 11.6 Å². The topological polar surface area (TPSA) is 12.0 Å². The van der Waals surface area contributed by atoms with Crippen LogP contribution in [0.25, 0.3) is 0 Å². The summed E-state index contributed by atoms with van der Waals surface area (Å²) in [5.74, 6) is 0. The van der Waals surface area contributed by atoms with Crippen molar-refractivity contribution in [2.45, 2.75) is 6.92 Å². The van der Waals surface area contributed by atoms with Crippen LogP contribution in [-0.2, 0) is 0 Å². The second-order valence-electron chi connectivity index (χ2n) is 1.88. The first kappa shape index (κ1) is 5.70. The molecule has 1 rings (SSSR count). The van der Waals surface area contributed by atoms with E-state index in [-0.39, 0.29) is 0 Å². The molecule has 1 aliphatic rings. The van der Waals surface area contributed by atoms with Gasteiger partial charge in [0, 0.05) is 6.54 Å². The van der Waals surface area contributed by atoms with Gasteiger partial charge < -0.3 is 5.32 Å². The molecule has 0 radical (unpaired) electrons. The zero-order chi connectivity index (χ0) is 5.98. The Morgan fingerprint density at radius 2 is 2.38 bits per heavy atom. The molecule has 44 valence electrons. The van der Waals surface area contributed by atoms with Gasteiger partial charge in [-0.1, -0.05) is 23.3 Å². The molecule has 0 amide bonds. The summed E-state index contributed by atoms with van der Waals surface area (Å²) in [4.78, 5) is 0. The molecule has 1 aliphatic heterocycles. The van der Waals surface area contributed by atoms with Crippen LogP contribution in [0.2, 0.25) is 0 Å². The van der Waals surface area contributed by atoms with E-state index in [0.29, 0.717) is 0 Å². The third-order valence-corrected chi connectivity index (χ3v) is 1.31. The number of hydrogen-bond donors (Lipinski definition) is 1. The number of nitrogens with one attached hydrogen (secondary N) is 1. The van der Waals surface area contributed by atoms with E-state index in [9.17, 15) is 0 Å². The Hall–Kier alpha value is -0.430. The Morgan fingerprint density at radius 3 is 2.75 bits per heavy atom. The van der Waals surface area contributed by atoms with Gasteiger partial charge in [-0.2, -0.15) is 0 Å². The maximum Gasteiger partial charge on any atom is 0.102 e. The molecule has 0 spiro atoms. The lowest BCUT2D eigenvalue weighted by Crippen LogP contribution is -2.14. The normalized spacial score (nSPS) is 18.8. The summed E-state index contributed by atoms with van der Waals surface area (Å²) in [5.41, 5.74) is 1.31. The van der Waals surface area contributed by atoms with Crippen molar-refractivity contribution in [2.75, 3.05) is 6.54 Å². The Labute approximate surface area is 54.0 Å². The SMILES string of the molecule is CC1=CC=C(Cl)NC1. The molecule has 1 nitrogen and oxygen atoms in total. The molecule has 1 heterocycles. The lowest BCUT2D eigenvalue weighted by atomic mass is 10.2. The smallest absolute Gasteiger partial charge is 0.102 e. The first-order valence-corrected chi connectivity index (χ1v) is 2.93. The molecule has 0 bridgehead atoms. The first-order chi connectivity index (χ1) is 3.79. The van der Waals surface area contributed by atoms with Crippen molar-refractivity contribution in [3.8, 4) is 0 Å². The predicted octanol–water partition coefficient (Wildman–Crippen LogP) is 1.62. The second-order valence-corrected chi connectivity index (χ2v) is 2.29. The van der Waals surface area contributed by atoms with Crippen LogP contribution in [-0.4, -0.2) is 6.54 Å². The van der Waals surface area contributed by atoms with Gasteiger partial charge in [-0.3, -0.25) is 0 Å². The zero-order valence-electron chi connectivity index (χ0n) is 4.74. The largest absolute Gasteiger partial charge is 0.372 e. The van der Waals surface area contributed by atoms with E-state index in [1.165, 1.54) is 5.57 Å². The zero-order valence-corrected chi connectivity index (χ0v) is 5.50. The Bertz CT molecular complexity index is 129. The van der Waals surface area contributed by atoms with E-state index in [1.54, 1.807) is 0 Å². The summed E-state index contributed by atoms with van der Waals surface area (Å²) < 4.78 is 0. The van der Waals surface area contributed by atoms with E-state index in [4.69, 9.17) is 11.6 Å². The number of halogens is 1. The van der Waals surface area contributed by atoms with Crippen LogP contribution >= 0.6 is 11.6 Å². The summed E-state index contributed by atoms with van der Waals surface area (Å²) >= 11 is 5.59. The molecular formula is C6H8ClN. The first-order valence-electron chi connectivity index (χ1n) is 2.56. The Balaban J connectivity index is 2.65. The third kappa shape index (κ3) is 1.27. The summed E-state index contributed by atoms with van der Waals surface area (Å²) in [7, 11) is 0. The van der Waals surface area contributed by atoms with Crippen molar-refractivity contribution < 1.29 is 0 Å². The fraction of sp³-hybridized carbons (Fsp3) is 0.333. The van der Waals surface area contributed by atoms with Gasteiger partial charge in [0.2, 0.25) is 0 Å². The average Bonchev–Trinajstić information content (AvgIpc) is 1.77. The van der Waals surface area contributed by atoms with Crippen LogP contribution in [0.5, 0.6) is 0 Å². The third-order valence-electron chi connectivity index (χ3n) is 1.05. The van der Waals surface area contributed by atoms with Gasteiger partial charge >= 0.3 is 0 Å². The fourth-order valence-electron chi connectivity index (χ4n) is 0.557. The highest BCUT2D eigenvalue weighted by atomic mass is 35.5. The maximum absolute atomic E-state index is 5.59. The van der Waals surface area contributed by atoms with Gasteiger partial charge in [0.15, 0.2) is 0 Å². The number of allylic oxidation sites excluding steroid dienone is 2. The van der Waals surface area contributed by atoms with Crippen molar-refractivity contribution in [3.05, 3.63) is 22.9 Å². The molecule has 0 saturated heterocycles. The Morgan fingerprint density at radius 1 is 1.62 bits per heavy atom. The molecule has 0 saturated carbocycles. The van der Waals surface area contributed by atoms with Gasteiger partial charge in [0.25, 0.3) is 0 Å². The summed E-state index contributed by atoms with van der Waals surface area (Å²) in [6.45, 7) is 2.95. The van der Waals surface area contributed by atoms with Gasteiger partial charge in [0.05, 0.1) is 0 Å². The molecule has 0 aromatic carbocycles. The van der Waals surface area contributed by atoms with Crippen molar-refractivity contribution in [2.24, 2.45) is 0 Å². The number of hydrogen-bond acceptors (Lipinski definition) is 1. The van der Waals surface area contributed by atoms with Crippen LogP contribution in [0.4, 0.5) is 0 Å². The minimum absolute atomic E-state index is 0.732. The second kappa shape index (κ2) is 2.23. The van der Waals surface area contributed by atoms with Gasteiger partial charge in [-0.25, -0.2) is 0 Å². The van der Waals surface area contributed by atoms with E-state index in [0.717, 1.165) is 11.7 Å². The van der Waals surface area contributed by atoms with E-state index >= 15 is 0 Å². The molecule has 0 atom stereocenters. The summed E-state index contributed by atoms with van der Waals surface area (Å²) in [6, 6.07) is 0. The molecule has 0 unspecified atom stereocenters. The van der Waals surface area contributed by atoms with Crippen LogP contribution in [0.15, 0.2) is 22.9 Å². The lowest BCUT2D eigenvalue weighted by molar-refractivity contribution is 0.902. The molecule has 0 aromatic rings. The van der Waals surface area contributed by atoms with Crippen molar-refractivity contribution in [1.29, 1.82) is 0 Å². The van der Waals surface area contributed by atoms with E-state index in [1.807, 2.05) is 12.2 Å². The van der Waals surface area contributed by atoms with Crippen LogP contribution in [0.1, 0.15) is 6.92 Å². The standard InChI is InChI=1S/C6H8ClN/c1-5-2-3-6(7)8-4-5/h2-3,8H,4H2,1H3. The molecule has 0 aliphatic carbocycles. The minimum atomic E-state index is 0.732. The van der Waals surface area contributed by atoms with E-state index in [2.05, 4.69) is 12.2 Å². The van der Waals surface area contributed by atoms with Gasteiger partial charge in [0.1, 0.15) is 5.16 Å². The van der Waals surface area contributed by atoms with Crippen molar-refractivity contribution in [1.82, 2.24) is 5.32 Å². The van der Waals surface area contributed by atoms with Crippen molar-refractivity contribution in [3.63, 3.8) is 0 Å². The molecular weight excluding hydrogens is 122 g/mol. The predicted molar refractivity (Wildman–Crippen MR) is 35.7 cm³/mol. The van der Waals surface area contributed by atoms with Gasteiger partial charge in [-0.05, 0) is 13.0 Å². The monoisotopic (exact) mass is 129 g/mol.